The van der Waals surface area contributed by atoms with Gasteiger partial charge < -0.3 is 9.47 Å². The molecule has 0 aliphatic heterocycles. The monoisotopic (exact) mass is 363 g/mol. The zero-order valence-electron chi connectivity index (χ0n) is 14.2. The number of hydrogen-bond acceptors (Lipinski definition) is 5. The number of sulfonamides is 1. The number of nitrogens with one attached hydrogen (secondary N) is 1. The summed E-state index contributed by atoms with van der Waals surface area (Å²) in [4.78, 5) is 11.7. The molecule has 0 unspecified atom stereocenters. The molecule has 0 aromatic heterocycles. The van der Waals surface area contributed by atoms with Crippen LogP contribution in [0.25, 0.3) is 0 Å². The Morgan fingerprint density at radius 3 is 2.24 bits per heavy atom. The van der Waals surface area contributed by atoms with Gasteiger partial charge in [-0.15, -0.1) is 0 Å². The van der Waals surface area contributed by atoms with Gasteiger partial charge in [0.05, 0.1) is 24.2 Å². The van der Waals surface area contributed by atoms with Crippen LogP contribution in [0.1, 0.15) is 22.8 Å². The van der Waals surface area contributed by atoms with Crippen LogP contribution in [0, 0.1) is 0 Å². The summed E-state index contributed by atoms with van der Waals surface area (Å²) in [5, 5.41) is 0. The minimum absolute atomic E-state index is 0.107. The van der Waals surface area contributed by atoms with Gasteiger partial charge in [0.25, 0.3) is 0 Å². The largest absolute Gasteiger partial charge is 0.497 e. The third-order valence-corrected chi connectivity index (χ3v) is 5.02. The molecular weight excluding hydrogens is 342 g/mol. The predicted molar refractivity (Wildman–Crippen MR) is 94.3 cm³/mol. The van der Waals surface area contributed by atoms with Crippen LogP contribution in [0.3, 0.4) is 0 Å². The average molecular weight is 363 g/mol. The van der Waals surface area contributed by atoms with E-state index < -0.39 is 16.0 Å². The lowest BCUT2D eigenvalue weighted by atomic mass is 10.1. The fraction of sp³-hybridized carbons (Fsp3) is 0.278. The van der Waals surface area contributed by atoms with Crippen LogP contribution in [0.15, 0.2) is 53.4 Å². The Morgan fingerprint density at radius 1 is 1.04 bits per heavy atom. The summed E-state index contributed by atoms with van der Waals surface area (Å²) >= 11 is 0. The zero-order valence-corrected chi connectivity index (χ0v) is 15.0. The van der Waals surface area contributed by atoms with Crippen LogP contribution in [0.2, 0.25) is 0 Å². The van der Waals surface area contributed by atoms with E-state index in [9.17, 15) is 13.2 Å². The van der Waals surface area contributed by atoms with E-state index in [4.69, 9.17) is 9.47 Å². The number of carbonyl (C=O) groups excluding carboxylic acids is 1. The average Bonchev–Trinajstić information content (AvgIpc) is 2.62. The molecule has 2 aromatic rings. The van der Waals surface area contributed by atoms with Crippen molar-refractivity contribution in [1.82, 2.24) is 4.72 Å². The van der Waals surface area contributed by atoms with Gasteiger partial charge in [0.1, 0.15) is 5.75 Å². The first-order valence-electron chi connectivity index (χ1n) is 7.86. The Kier molecular flexibility index (Phi) is 6.55. The number of methoxy groups -OCH3 is 1. The molecule has 0 atom stereocenters. The highest BCUT2D eigenvalue weighted by Crippen LogP contribution is 2.13. The first-order valence-corrected chi connectivity index (χ1v) is 9.34. The van der Waals surface area contributed by atoms with E-state index in [2.05, 4.69) is 4.72 Å². The molecule has 0 aliphatic rings. The third kappa shape index (κ3) is 5.30. The van der Waals surface area contributed by atoms with Gasteiger partial charge in [-0.3, -0.25) is 0 Å². The summed E-state index contributed by atoms with van der Waals surface area (Å²) in [5.41, 5.74) is 1.32. The van der Waals surface area contributed by atoms with Gasteiger partial charge in [-0.05, 0) is 55.3 Å². The van der Waals surface area contributed by atoms with E-state index in [1.807, 2.05) is 24.3 Å². The number of hydrogen-bond donors (Lipinski definition) is 1. The van der Waals surface area contributed by atoms with Crippen molar-refractivity contribution in [3.63, 3.8) is 0 Å². The number of benzene rings is 2. The Labute approximate surface area is 147 Å². The van der Waals surface area contributed by atoms with Gasteiger partial charge in [0.2, 0.25) is 10.0 Å². The van der Waals surface area contributed by atoms with Crippen LogP contribution >= 0.6 is 0 Å². The van der Waals surface area contributed by atoms with Crippen molar-refractivity contribution in [2.24, 2.45) is 0 Å². The Morgan fingerprint density at radius 2 is 1.68 bits per heavy atom. The fourth-order valence-corrected chi connectivity index (χ4v) is 3.22. The highest BCUT2D eigenvalue weighted by molar-refractivity contribution is 7.89. The van der Waals surface area contributed by atoms with Crippen LogP contribution in [0.4, 0.5) is 0 Å². The normalized spacial score (nSPS) is 11.1. The molecule has 7 heteroatoms. The van der Waals surface area contributed by atoms with Gasteiger partial charge in [0.15, 0.2) is 0 Å². The Bertz CT molecular complexity index is 798. The smallest absolute Gasteiger partial charge is 0.338 e. The van der Waals surface area contributed by atoms with E-state index in [0.717, 1.165) is 11.3 Å². The van der Waals surface area contributed by atoms with E-state index in [0.29, 0.717) is 12.0 Å². The van der Waals surface area contributed by atoms with Gasteiger partial charge in [-0.2, -0.15) is 0 Å². The second-order valence-electron chi connectivity index (χ2n) is 5.24. The minimum Gasteiger partial charge on any atom is -0.497 e. The zero-order chi connectivity index (χ0) is 18.3. The fourth-order valence-electron chi connectivity index (χ4n) is 2.19. The summed E-state index contributed by atoms with van der Waals surface area (Å²) in [6.07, 6.45) is 0.560. The van der Waals surface area contributed by atoms with Crippen molar-refractivity contribution >= 4 is 16.0 Å². The maximum absolute atomic E-state index is 12.3. The molecule has 1 N–H and O–H groups in total. The highest BCUT2D eigenvalue weighted by Gasteiger charge is 2.14. The molecule has 0 radical (unpaired) electrons. The van der Waals surface area contributed by atoms with Crippen molar-refractivity contribution in [3.8, 4) is 5.75 Å². The van der Waals surface area contributed by atoms with Gasteiger partial charge in [-0.25, -0.2) is 17.9 Å². The quantitative estimate of drug-likeness (QED) is 0.728. The number of esters is 1. The second kappa shape index (κ2) is 8.64. The molecule has 0 fully saturated rings. The van der Waals surface area contributed by atoms with Crippen LogP contribution in [-0.4, -0.2) is 34.6 Å². The Hall–Kier alpha value is -2.38. The molecule has 2 aromatic carbocycles. The maximum Gasteiger partial charge on any atom is 0.338 e. The van der Waals surface area contributed by atoms with Crippen LogP contribution in [0.5, 0.6) is 5.75 Å². The summed E-state index contributed by atoms with van der Waals surface area (Å²) in [6.45, 7) is 2.25. The number of carbonyl (C=O) groups is 1. The molecule has 134 valence electrons. The number of rotatable bonds is 8. The molecule has 6 nitrogen and oxygen atoms in total. The molecule has 25 heavy (non-hydrogen) atoms. The van der Waals surface area contributed by atoms with Crippen molar-refractivity contribution in [3.05, 3.63) is 59.7 Å². The van der Waals surface area contributed by atoms with Crippen LogP contribution < -0.4 is 9.46 Å². The summed E-state index contributed by atoms with van der Waals surface area (Å²) in [5.74, 6) is 0.282. The molecule has 0 spiro atoms. The highest BCUT2D eigenvalue weighted by atomic mass is 32.2. The van der Waals surface area contributed by atoms with Gasteiger partial charge in [0, 0.05) is 6.54 Å². The van der Waals surface area contributed by atoms with Crippen molar-refractivity contribution in [1.29, 1.82) is 0 Å². The lowest BCUT2D eigenvalue weighted by molar-refractivity contribution is 0.0526. The van der Waals surface area contributed by atoms with Crippen molar-refractivity contribution < 1.29 is 22.7 Å². The van der Waals surface area contributed by atoms with E-state index in [1.165, 1.54) is 24.3 Å². The van der Waals surface area contributed by atoms with Gasteiger partial charge >= 0.3 is 5.97 Å². The molecule has 0 saturated carbocycles. The summed E-state index contributed by atoms with van der Waals surface area (Å²) in [7, 11) is -2.03. The topological polar surface area (TPSA) is 81.7 Å². The van der Waals surface area contributed by atoms with E-state index >= 15 is 0 Å². The number of ether oxygens (including phenoxy) is 2. The second-order valence-corrected chi connectivity index (χ2v) is 7.01. The molecule has 0 heterocycles. The van der Waals surface area contributed by atoms with E-state index in [1.54, 1.807) is 14.0 Å². The maximum atomic E-state index is 12.3. The first kappa shape index (κ1) is 19.0. The van der Waals surface area contributed by atoms with Crippen molar-refractivity contribution in [2.45, 2.75) is 18.2 Å². The molecular formula is C18H21NO5S. The van der Waals surface area contributed by atoms with Crippen LogP contribution in [-0.2, 0) is 21.2 Å². The molecule has 0 aliphatic carbocycles. The molecule has 2 rings (SSSR count). The van der Waals surface area contributed by atoms with E-state index in [-0.39, 0.29) is 18.0 Å². The van der Waals surface area contributed by atoms with Crippen molar-refractivity contribution in [2.75, 3.05) is 20.3 Å². The standard InChI is InChI=1S/C18H21NO5S/c1-3-24-18(20)15-6-10-17(11-7-15)25(21,22)19-13-12-14-4-8-16(23-2)9-5-14/h4-11,19H,3,12-13H2,1-2H3. The predicted octanol–water partition coefficient (Wildman–Crippen LogP) is 2.39. The third-order valence-electron chi connectivity index (χ3n) is 3.54. The molecule has 0 bridgehead atoms. The lowest BCUT2D eigenvalue weighted by Gasteiger charge is -2.08. The molecule has 0 amide bonds. The molecule has 0 saturated heterocycles. The summed E-state index contributed by atoms with van der Waals surface area (Å²) in [6, 6.07) is 13.1. The van der Waals surface area contributed by atoms with Gasteiger partial charge in [-0.1, -0.05) is 12.1 Å². The SMILES string of the molecule is CCOC(=O)c1ccc(S(=O)(=O)NCCc2ccc(OC)cc2)cc1. The minimum atomic E-state index is -3.62. The first-order chi connectivity index (χ1) is 12.0. The lowest BCUT2D eigenvalue weighted by Crippen LogP contribution is -2.26. The Balaban J connectivity index is 1.95. The summed E-state index contributed by atoms with van der Waals surface area (Å²) < 4.78 is 37.1.